The Morgan fingerprint density at radius 1 is 1.38 bits per heavy atom. The van der Waals surface area contributed by atoms with Gasteiger partial charge in [-0.15, -0.1) is 11.3 Å². The third-order valence-corrected chi connectivity index (χ3v) is 7.36. The summed E-state index contributed by atoms with van der Waals surface area (Å²) in [6.45, 7) is 3.06. The Hall–Kier alpha value is -0.930. The molecule has 0 atom stereocenters. The summed E-state index contributed by atoms with van der Waals surface area (Å²) in [5.74, 6) is 1.21. The molecule has 2 heterocycles. The van der Waals surface area contributed by atoms with Gasteiger partial charge in [-0.2, -0.15) is 11.8 Å². The molecule has 2 N–H and O–H groups in total. The van der Waals surface area contributed by atoms with E-state index in [1.54, 1.807) is 6.92 Å². The van der Waals surface area contributed by atoms with Crippen LogP contribution in [0.3, 0.4) is 0 Å². The quantitative estimate of drug-likeness (QED) is 0.822. The van der Waals surface area contributed by atoms with E-state index in [-0.39, 0.29) is 21.2 Å². The van der Waals surface area contributed by atoms with Gasteiger partial charge in [0, 0.05) is 24.6 Å². The van der Waals surface area contributed by atoms with Gasteiger partial charge in [-0.3, -0.25) is 0 Å². The van der Waals surface area contributed by atoms with Crippen molar-refractivity contribution in [2.45, 2.75) is 11.8 Å². The van der Waals surface area contributed by atoms with E-state index in [1.807, 2.05) is 16.7 Å². The number of carbonyl (C=O) groups is 1. The molecule has 9 heteroatoms. The molecule has 1 aliphatic rings. The molecule has 1 aliphatic heterocycles. The number of ether oxygens (including phenoxy) is 1. The molecule has 0 spiro atoms. The van der Waals surface area contributed by atoms with E-state index in [2.05, 4.69) is 0 Å². The molecule has 0 unspecified atom stereocenters. The predicted molar refractivity (Wildman–Crippen MR) is 87.3 cm³/mol. The highest BCUT2D eigenvalue weighted by molar-refractivity contribution is 7.99. The van der Waals surface area contributed by atoms with E-state index in [9.17, 15) is 13.2 Å². The van der Waals surface area contributed by atoms with Gasteiger partial charge in [0.05, 0.1) is 18.6 Å². The number of nitrogens with two attached hydrogens (primary N) is 1. The highest BCUT2D eigenvalue weighted by Gasteiger charge is 2.32. The van der Waals surface area contributed by atoms with Gasteiger partial charge < -0.3 is 15.4 Å². The fourth-order valence-electron chi connectivity index (χ4n) is 2.08. The summed E-state index contributed by atoms with van der Waals surface area (Å²) in [7, 11) is -2.24. The number of esters is 1. The number of thiophene rings is 1. The van der Waals surface area contributed by atoms with Crippen molar-refractivity contribution in [1.29, 1.82) is 0 Å². The Kier molecular flexibility index (Phi) is 5.05. The number of nitrogens with zero attached hydrogens (tertiary/aromatic N) is 1. The van der Waals surface area contributed by atoms with E-state index in [4.69, 9.17) is 10.5 Å². The largest absolute Gasteiger partial charge is 0.465 e. The molecule has 0 amide bonds. The van der Waals surface area contributed by atoms with Crippen LogP contribution in [0.5, 0.6) is 0 Å². The number of methoxy groups -OCH3 is 1. The standard InChI is InChI=1S/C12H18N2O4S3/c1-3-21(16,17)10-8(13)9(12(15)18-2)20-11(10)14-4-6-19-7-5-14/h3-7,13H2,1-2H3. The monoisotopic (exact) mass is 350 g/mol. The van der Waals surface area contributed by atoms with Crippen molar-refractivity contribution in [3.8, 4) is 0 Å². The van der Waals surface area contributed by atoms with Crippen LogP contribution in [0.15, 0.2) is 4.90 Å². The molecule has 0 aromatic carbocycles. The highest BCUT2D eigenvalue weighted by atomic mass is 32.2. The van der Waals surface area contributed by atoms with E-state index < -0.39 is 15.8 Å². The number of nitrogen functional groups attached to an aromatic ring is 1. The summed E-state index contributed by atoms with van der Waals surface area (Å²) < 4.78 is 29.4. The number of hydrogen-bond donors (Lipinski definition) is 1. The molecule has 6 nitrogen and oxygen atoms in total. The molecule has 1 aromatic rings. The van der Waals surface area contributed by atoms with Gasteiger partial charge in [0.2, 0.25) is 0 Å². The van der Waals surface area contributed by atoms with Crippen LogP contribution in [0.1, 0.15) is 16.6 Å². The van der Waals surface area contributed by atoms with Crippen LogP contribution in [0.25, 0.3) is 0 Å². The zero-order valence-electron chi connectivity index (χ0n) is 11.9. The molecule has 118 valence electrons. The van der Waals surface area contributed by atoms with Crippen LogP contribution < -0.4 is 10.6 Å². The van der Waals surface area contributed by atoms with Crippen LogP contribution in [0.2, 0.25) is 0 Å². The van der Waals surface area contributed by atoms with Gasteiger partial charge in [0.15, 0.2) is 9.84 Å². The van der Waals surface area contributed by atoms with Crippen molar-refractivity contribution in [2.24, 2.45) is 0 Å². The first-order chi connectivity index (χ1) is 9.92. The van der Waals surface area contributed by atoms with Gasteiger partial charge in [-0.25, -0.2) is 13.2 Å². The molecular formula is C12H18N2O4S3. The second kappa shape index (κ2) is 6.45. The second-order valence-electron chi connectivity index (χ2n) is 4.47. The Bertz CT molecular complexity index is 633. The Morgan fingerprint density at radius 2 is 2.00 bits per heavy atom. The van der Waals surface area contributed by atoms with Crippen molar-refractivity contribution >= 4 is 49.6 Å². The number of sulfone groups is 1. The van der Waals surface area contributed by atoms with Crippen molar-refractivity contribution in [3.63, 3.8) is 0 Å². The Labute approximate surface area is 132 Å². The topological polar surface area (TPSA) is 89.7 Å². The number of hydrogen-bond acceptors (Lipinski definition) is 8. The van der Waals surface area contributed by atoms with Crippen molar-refractivity contribution < 1.29 is 17.9 Å². The van der Waals surface area contributed by atoms with Crippen LogP contribution >= 0.6 is 23.1 Å². The van der Waals surface area contributed by atoms with Gasteiger partial charge in [-0.05, 0) is 0 Å². The van der Waals surface area contributed by atoms with E-state index in [1.165, 1.54) is 7.11 Å². The zero-order valence-corrected chi connectivity index (χ0v) is 14.4. The smallest absolute Gasteiger partial charge is 0.350 e. The predicted octanol–water partition coefficient (Wildman–Crippen LogP) is 1.46. The lowest BCUT2D eigenvalue weighted by atomic mass is 10.4. The first kappa shape index (κ1) is 16.4. The summed E-state index contributed by atoms with van der Waals surface area (Å²) in [6, 6.07) is 0. The zero-order chi connectivity index (χ0) is 15.6. The maximum Gasteiger partial charge on any atom is 0.350 e. The third kappa shape index (κ3) is 3.14. The first-order valence-corrected chi connectivity index (χ1v) is 10.1. The van der Waals surface area contributed by atoms with E-state index >= 15 is 0 Å². The molecular weight excluding hydrogens is 332 g/mol. The number of anilines is 2. The Balaban J connectivity index is 2.59. The lowest BCUT2D eigenvalue weighted by molar-refractivity contribution is 0.0607. The molecule has 1 saturated heterocycles. The average molecular weight is 350 g/mol. The second-order valence-corrected chi connectivity index (χ2v) is 8.91. The average Bonchev–Trinajstić information content (AvgIpc) is 2.85. The highest BCUT2D eigenvalue weighted by Crippen LogP contribution is 2.43. The molecule has 0 radical (unpaired) electrons. The maximum atomic E-state index is 12.4. The van der Waals surface area contributed by atoms with Gasteiger partial charge in [0.25, 0.3) is 0 Å². The van der Waals surface area contributed by atoms with Crippen LogP contribution in [0.4, 0.5) is 10.7 Å². The molecule has 1 fully saturated rings. The number of carbonyl (C=O) groups excluding carboxylic acids is 1. The van der Waals surface area contributed by atoms with E-state index in [0.29, 0.717) is 5.00 Å². The minimum Gasteiger partial charge on any atom is -0.465 e. The SMILES string of the molecule is CCS(=O)(=O)c1c(N2CCSCC2)sc(C(=O)OC)c1N. The molecule has 21 heavy (non-hydrogen) atoms. The Morgan fingerprint density at radius 3 is 2.52 bits per heavy atom. The molecule has 1 aromatic heterocycles. The lowest BCUT2D eigenvalue weighted by Gasteiger charge is -2.28. The fourth-order valence-corrected chi connectivity index (χ4v) is 5.76. The van der Waals surface area contributed by atoms with Gasteiger partial charge in [-0.1, -0.05) is 6.92 Å². The van der Waals surface area contributed by atoms with E-state index in [0.717, 1.165) is 35.9 Å². The molecule has 0 saturated carbocycles. The molecule has 0 bridgehead atoms. The maximum absolute atomic E-state index is 12.4. The summed E-state index contributed by atoms with van der Waals surface area (Å²) in [4.78, 5) is 14.0. The summed E-state index contributed by atoms with van der Waals surface area (Å²) in [5.41, 5.74) is 5.96. The number of rotatable bonds is 4. The van der Waals surface area contributed by atoms with Crippen molar-refractivity contribution in [1.82, 2.24) is 0 Å². The van der Waals surface area contributed by atoms with Crippen molar-refractivity contribution in [3.05, 3.63) is 4.88 Å². The lowest BCUT2D eigenvalue weighted by Crippen LogP contribution is -2.32. The first-order valence-electron chi connectivity index (χ1n) is 6.48. The number of thioether (sulfide) groups is 1. The summed E-state index contributed by atoms with van der Waals surface area (Å²) >= 11 is 2.93. The minimum atomic E-state index is -3.50. The van der Waals surface area contributed by atoms with Gasteiger partial charge >= 0.3 is 5.97 Å². The third-order valence-electron chi connectivity index (χ3n) is 3.24. The van der Waals surface area contributed by atoms with Gasteiger partial charge in [0.1, 0.15) is 14.8 Å². The fraction of sp³-hybridized carbons (Fsp3) is 0.583. The van der Waals surface area contributed by atoms with Crippen LogP contribution in [-0.2, 0) is 14.6 Å². The van der Waals surface area contributed by atoms with Crippen LogP contribution in [-0.4, -0.2) is 51.8 Å². The van der Waals surface area contributed by atoms with Crippen molar-refractivity contribution in [2.75, 3.05) is 48.1 Å². The molecule has 2 rings (SSSR count). The normalized spacial score (nSPS) is 16.0. The minimum absolute atomic E-state index is 0.0157. The molecule has 0 aliphatic carbocycles. The van der Waals surface area contributed by atoms with Crippen LogP contribution in [0, 0.1) is 0 Å². The summed E-state index contributed by atoms with van der Waals surface area (Å²) in [5, 5.41) is 0.565. The summed E-state index contributed by atoms with van der Waals surface area (Å²) in [6.07, 6.45) is 0.